The monoisotopic (exact) mass is 212 g/mol. The topological polar surface area (TPSA) is 54.5 Å². The lowest BCUT2D eigenvalue weighted by Gasteiger charge is -2.00. The molecule has 0 saturated carbocycles. The van der Waals surface area contributed by atoms with Crippen LogP contribution in [0.2, 0.25) is 0 Å². The maximum Gasteiger partial charge on any atom is 0.153 e. The van der Waals surface area contributed by atoms with Crippen molar-refractivity contribution in [1.29, 1.82) is 5.26 Å². The summed E-state index contributed by atoms with van der Waals surface area (Å²) in [5.41, 5.74) is 1.48. The standard InChI is InChI=1S/C12H12N4/c1-9(2)12-14-8-16(15-12)11-5-3-4-10(6-11)7-13/h3-6,8-9H,1-2H3. The smallest absolute Gasteiger partial charge is 0.153 e. The van der Waals surface area contributed by atoms with Gasteiger partial charge in [-0.15, -0.1) is 0 Å². The van der Waals surface area contributed by atoms with Gasteiger partial charge in [-0.25, -0.2) is 9.67 Å². The van der Waals surface area contributed by atoms with E-state index >= 15 is 0 Å². The van der Waals surface area contributed by atoms with Crippen LogP contribution in [0.25, 0.3) is 5.69 Å². The quantitative estimate of drug-likeness (QED) is 0.767. The predicted molar refractivity (Wildman–Crippen MR) is 60.2 cm³/mol. The molecule has 1 heterocycles. The van der Waals surface area contributed by atoms with Crippen molar-refractivity contribution < 1.29 is 0 Å². The van der Waals surface area contributed by atoms with E-state index in [9.17, 15) is 0 Å². The van der Waals surface area contributed by atoms with Crippen LogP contribution in [0.15, 0.2) is 30.6 Å². The first kappa shape index (κ1) is 10.4. The Hall–Kier alpha value is -2.15. The van der Waals surface area contributed by atoms with Gasteiger partial charge >= 0.3 is 0 Å². The Kier molecular flexibility index (Phi) is 2.69. The normalized spacial score (nSPS) is 10.4. The molecular formula is C12H12N4. The van der Waals surface area contributed by atoms with Crippen LogP contribution >= 0.6 is 0 Å². The van der Waals surface area contributed by atoms with Gasteiger partial charge in [-0.2, -0.15) is 10.4 Å². The van der Waals surface area contributed by atoms with Gasteiger partial charge in [-0.3, -0.25) is 0 Å². The van der Waals surface area contributed by atoms with Crippen molar-refractivity contribution in [2.75, 3.05) is 0 Å². The minimum atomic E-state index is 0.306. The van der Waals surface area contributed by atoms with Crippen molar-refractivity contribution in [3.8, 4) is 11.8 Å². The van der Waals surface area contributed by atoms with E-state index < -0.39 is 0 Å². The highest BCUT2D eigenvalue weighted by molar-refractivity contribution is 5.40. The molecule has 4 nitrogen and oxygen atoms in total. The lowest BCUT2D eigenvalue weighted by atomic mass is 10.2. The van der Waals surface area contributed by atoms with Gasteiger partial charge in [0.1, 0.15) is 6.33 Å². The van der Waals surface area contributed by atoms with Gasteiger partial charge < -0.3 is 0 Å². The fraction of sp³-hybridized carbons (Fsp3) is 0.250. The summed E-state index contributed by atoms with van der Waals surface area (Å²) in [7, 11) is 0. The molecule has 0 saturated heterocycles. The van der Waals surface area contributed by atoms with Crippen molar-refractivity contribution >= 4 is 0 Å². The molecule has 16 heavy (non-hydrogen) atoms. The molecule has 1 aromatic carbocycles. The molecule has 4 heteroatoms. The van der Waals surface area contributed by atoms with Crippen molar-refractivity contribution in [2.45, 2.75) is 19.8 Å². The first-order valence-corrected chi connectivity index (χ1v) is 5.13. The van der Waals surface area contributed by atoms with Crippen LogP contribution in [-0.2, 0) is 0 Å². The minimum Gasteiger partial charge on any atom is -0.221 e. The summed E-state index contributed by atoms with van der Waals surface area (Å²) in [5, 5.41) is 13.2. The third-order valence-electron chi connectivity index (χ3n) is 2.27. The second-order valence-electron chi connectivity index (χ2n) is 3.86. The van der Waals surface area contributed by atoms with Crippen LogP contribution in [-0.4, -0.2) is 14.8 Å². The molecule has 0 aliphatic rings. The predicted octanol–water partition coefficient (Wildman–Crippen LogP) is 2.26. The molecule has 0 aliphatic carbocycles. The summed E-state index contributed by atoms with van der Waals surface area (Å²) >= 11 is 0. The van der Waals surface area contributed by atoms with Gasteiger partial charge in [0.05, 0.1) is 17.3 Å². The summed E-state index contributed by atoms with van der Waals surface area (Å²) in [6.45, 7) is 4.09. The highest BCUT2D eigenvalue weighted by Crippen LogP contribution is 2.12. The van der Waals surface area contributed by atoms with Gasteiger partial charge in [0.2, 0.25) is 0 Å². The largest absolute Gasteiger partial charge is 0.221 e. The van der Waals surface area contributed by atoms with Crippen molar-refractivity contribution in [3.63, 3.8) is 0 Å². The van der Waals surface area contributed by atoms with E-state index in [-0.39, 0.29) is 0 Å². The summed E-state index contributed by atoms with van der Waals surface area (Å²) in [5.74, 6) is 1.11. The highest BCUT2D eigenvalue weighted by Gasteiger charge is 2.06. The van der Waals surface area contributed by atoms with Crippen molar-refractivity contribution in [1.82, 2.24) is 14.8 Å². The zero-order valence-corrected chi connectivity index (χ0v) is 9.25. The van der Waals surface area contributed by atoms with E-state index in [1.807, 2.05) is 26.0 Å². The maximum atomic E-state index is 8.81. The average molecular weight is 212 g/mol. The SMILES string of the molecule is CC(C)c1ncn(-c2cccc(C#N)c2)n1. The molecule has 0 N–H and O–H groups in total. The van der Waals surface area contributed by atoms with Gasteiger partial charge in [0.15, 0.2) is 5.82 Å². The third-order valence-corrected chi connectivity index (χ3v) is 2.27. The van der Waals surface area contributed by atoms with Crippen LogP contribution < -0.4 is 0 Å². The molecule has 2 rings (SSSR count). The molecule has 0 radical (unpaired) electrons. The second-order valence-corrected chi connectivity index (χ2v) is 3.86. The molecule has 0 aliphatic heterocycles. The number of nitrogens with zero attached hydrogens (tertiary/aromatic N) is 4. The number of hydrogen-bond acceptors (Lipinski definition) is 3. The summed E-state index contributed by atoms with van der Waals surface area (Å²) in [4.78, 5) is 4.22. The number of rotatable bonds is 2. The Bertz CT molecular complexity index is 534. The minimum absolute atomic E-state index is 0.306. The number of aromatic nitrogens is 3. The summed E-state index contributed by atoms with van der Waals surface area (Å²) in [6, 6.07) is 9.40. The number of benzene rings is 1. The van der Waals surface area contributed by atoms with Crippen LogP contribution in [0.4, 0.5) is 0 Å². The van der Waals surface area contributed by atoms with E-state index in [4.69, 9.17) is 5.26 Å². The van der Waals surface area contributed by atoms with Crippen molar-refractivity contribution in [3.05, 3.63) is 42.0 Å². The molecule has 0 fully saturated rings. The third kappa shape index (κ3) is 1.94. The van der Waals surface area contributed by atoms with Gasteiger partial charge in [-0.1, -0.05) is 19.9 Å². The molecule has 2 aromatic rings. The second kappa shape index (κ2) is 4.15. The fourth-order valence-electron chi connectivity index (χ4n) is 1.38. The molecule has 1 aromatic heterocycles. The lowest BCUT2D eigenvalue weighted by Crippen LogP contribution is -1.97. The summed E-state index contributed by atoms with van der Waals surface area (Å²) in [6.07, 6.45) is 1.67. The Balaban J connectivity index is 2.39. The Morgan fingerprint density at radius 1 is 1.38 bits per heavy atom. The number of hydrogen-bond donors (Lipinski definition) is 0. The maximum absolute atomic E-state index is 8.81. The van der Waals surface area contributed by atoms with Crippen molar-refractivity contribution in [2.24, 2.45) is 0 Å². The fourth-order valence-corrected chi connectivity index (χ4v) is 1.38. The molecule has 0 amide bonds. The first-order valence-electron chi connectivity index (χ1n) is 5.13. The molecule has 80 valence electrons. The molecular weight excluding hydrogens is 200 g/mol. The summed E-state index contributed by atoms with van der Waals surface area (Å²) < 4.78 is 1.69. The number of nitriles is 1. The zero-order valence-electron chi connectivity index (χ0n) is 9.25. The van der Waals surface area contributed by atoms with E-state index in [1.165, 1.54) is 0 Å². The zero-order chi connectivity index (χ0) is 11.5. The van der Waals surface area contributed by atoms with Gasteiger partial charge in [0.25, 0.3) is 0 Å². The Morgan fingerprint density at radius 3 is 2.81 bits per heavy atom. The lowest BCUT2D eigenvalue weighted by molar-refractivity contribution is 0.754. The van der Waals surface area contributed by atoms with Crippen LogP contribution in [0.5, 0.6) is 0 Å². The molecule has 0 spiro atoms. The molecule has 0 bridgehead atoms. The average Bonchev–Trinajstić information content (AvgIpc) is 2.78. The Labute approximate surface area is 94.2 Å². The first-order chi connectivity index (χ1) is 7.70. The van der Waals surface area contributed by atoms with Crippen LogP contribution in [0, 0.1) is 11.3 Å². The van der Waals surface area contributed by atoms with E-state index in [1.54, 1.807) is 23.1 Å². The van der Waals surface area contributed by atoms with E-state index in [0.29, 0.717) is 11.5 Å². The van der Waals surface area contributed by atoms with Crippen LogP contribution in [0.1, 0.15) is 31.2 Å². The van der Waals surface area contributed by atoms with E-state index in [2.05, 4.69) is 16.2 Å². The van der Waals surface area contributed by atoms with Gasteiger partial charge in [0, 0.05) is 5.92 Å². The van der Waals surface area contributed by atoms with Gasteiger partial charge in [-0.05, 0) is 18.2 Å². The Morgan fingerprint density at radius 2 is 2.19 bits per heavy atom. The molecule has 0 atom stereocenters. The highest BCUT2D eigenvalue weighted by atomic mass is 15.3. The van der Waals surface area contributed by atoms with E-state index in [0.717, 1.165) is 11.5 Å². The van der Waals surface area contributed by atoms with Crippen LogP contribution in [0.3, 0.4) is 0 Å². The molecule has 0 unspecified atom stereocenters.